The SMILES string of the molecule is CN(CCN(C)c1nc(NCc2ccc(F)cc2)c2ncn(Cc3ccccc3Cl)c2n1)C(=O)c1ccc(Cl)cc1. The third-order valence-corrected chi connectivity index (χ3v) is 7.29. The molecule has 0 aliphatic heterocycles. The number of rotatable bonds is 10. The van der Waals surface area contributed by atoms with Crippen LogP contribution in [0.4, 0.5) is 16.2 Å². The van der Waals surface area contributed by atoms with Crippen LogP contribution in [0.15, 0.2) is 79.1 Å². The molecular formula is C30H28Cl2FN7O. The Morgan fingerprint density at radius 1 is 0.951 bits per heavy atom. The highest BCUT2D eigenvalue weighted by atomic mass is 35.5. The largest absolute Gasteiger partial charge is 0.364 e. The van der Waals surface area contributed by atoms with Crippen LogP contribution in [0.25, 0.3) is 11.2 Å². The zero-order valence-electron chi connectivity index (χ0n) is 22.6. The van der Waals surface area contributed by atoms with E-state index in [-0.39, 0.29) is 11.7 Å². The molecule has 2 heterocycles. The van der Waals surface area contributed by atoms with Crippen molar-refractivity contribution in [3.63, 3.8) is 0 Å². The number of nitrogens with zero attached hydrogens (tertiary/aromatic N) is 6. The number of likely N-dealkylation sites (N-methyl/N-ethyl adjacent to an activating group) is 2. The standard InChI is InChI=1S/C30H28Cl2FN7O/c1-38(29(41)21-9-11-23(31)12-10-21)15-16-39(2)30-36-27(34-17-20-7-13-24(33)14-8-20)26-28(37-30)40(19-35-26)18-22-5-3-4-6-25(22)32/h3-14,19H,15-18H2,1-2H3,(H,34,36,37). The van der Waals surface area contributed by atoms with Crippen LogP contribution >= 0.6 is 23.2 Å². The molecule has 8 nitrogen and oxygen atoms in total. The van der Waals surface area contributed by atoms with Crippen LogP contribution in [0.5, 0.6) is 0 Å². The van der Waals surface area contributed by atoms with Gasteiger partial charge in [0.2, 0.25) is 5.95 Å². The molecule has 0 fully saturated rings. The number of amides is 1. The number of hydrogen-bond donors (Lipinski definition) is 1. The summed E-state index contributed by atoms with van der Waals surface area (Å²) in [5.74, 6) is 0.614. The summed E-state index contributed by atoms with van der Waals surface area (Å²) in [7, 11) is 3.63. The van der Waals surface area contributed by atoms with Crippen molar-refractivity contribution in [3.8, 4) is 0 Å². The fraction of sp³-hybridized carbons (Fsp3) is 0.200. The zero-order chi connectivity index (χ0) is 28.9. The van der Waals surface area contributed by atoms with Crippen LogP contribution in [0.3, 0.4) is 0 Å². The first kappa shape index (κ1) is 28.3. The van der Waals surface area contributed by atoms with Crippen molar-refractivity contribution in [1.82, 2.24) is 24.4 Å². The van der Waals surface area contributed by atoms with Gasteiger partial charge in [-0.3, -0.25) is 4.79 Å². The lowest BCUT2D eigenvalue weighted by Gasteiger charge is -2.23. The predicted molar refractivity (Wildman–Crippen MR) is 161 cm³/mol. The average molecular weight is 593 g/mol. The van der Waals surface area contributed by atoms with E-state index in [1.807, 2.05) is 40.8 Å². The van der Waals surface area contributed by atoms with Crippen LogP contribution in [0.1, 0.15) is 21.5 Å². The van der Waals surface area contributed by atoms with Crippen LogP contribution in [0.2, 0.25) is 10.0 Å². The maximum absolute atomic E-state index is 13.4. The Kier molecular flexibility index (Phi) is 8.66. The second-order valence-electron chi connectivity index (χ2n) is 9.64. The molecule has 0 aliphatic carbocycles. The summed E-state index contributed by atoms with van der Waals surface area (Å²) >= 11 is 12.4. The number of aromatic nitrogens is 4. The van der Waals surface area contributed by atoms with E-state index in [0.717, 1.165) is 11.1 Å². The molecule has 41 heavy (non-hydrogen) atoms. The number of hydrogen-bond acceptors (Lipinski definition) is 6. The minimum absolute atomic E-state index is 0.106. The molecular weight excluding hydrogens is 564 g/mol. The Bertz CT molecular complexity index is 1660. The Morgan fingerprint density at radius 3 is 2.41 bits per heavy atom. The summed E-state index contributed by atoms with van der Waals surface area (Å²) in [6.07, 6.45) is 1.72. The van der Waals surface area contributed by atoms with Crippen molar-refractivity contribution in [3.05, 3.63) is 112 Å². The number of halogens is 3. The van der Waals surface area contributed by atoms with Gasteiger partial charge in [-0.25, -0.2) is 9.37 Å². The quantitative estimate of drug-likeness (QED) is 0.210. The van der Waals surface area contributed by atoms with E-state index in [2.05, 4.69) is 10.3 Å². The molecule has 0 radical (unpaired) electrons. The highest BCUT2D eigenvalue weighted by Gasteiger charge is 2.18. The minimum Gasteiger partial charge on any atom is -0.364 e. The van der Waals surface area contributed by atoms with Crippen molar-refractivity contribution < 1.29 is 9.18 Å². The molecule has 2 aromatic heterocycles. The number of carbonyl (C=O) groups is 1. The van der Waals surface area contributed by atoms with Gasteiger partial charge in [-0.1, -0.05) is 53.5 Å². The van der Waals surface area contributed by atoms with Gasteiger partial charge in [-0.05, 0) is 53.6 Å². The van der Waals surface area contributed by atoms with Crippen molar-refractivity contribution in [2.24, 2.45) is 0 Å². The number of benzene rings is 3. The van der Waals surface area contributed by atoms with E-state index in [1.54, 1.807) is 54.7 Å². The Hall–Kier alpha value is -4.21. The van der Waals surface area contributed by atoms with E-state index in [0.29, 0.717) is 64.7 Å². The van der Waals surface area contributed by atoms with Gasteiger partial charge in [-0.15, -0.1) is 0 Å². The average Bonchev–Trinajstić information content (AvgIpc) is 3.39. The Morgan fingerprint density at radius 2 is 1.68 bits per heavy atom. The summed E-state index contributed by atoms with van der Waals surface area (Å²) in [4.78, 5) is 30.6. The molecule has 0 spiro atoms. The molecule has 0 saturated carbocycles. The molecule has 5 aromatic rings. The first-order chi connectivity index (χ1) is 19.8. The molecule has 1 amide bonds. The van der Waals surface area contributed by atoms with Crippen LogP contribution in [0, 0.1) is 5.82 Å². The third kappa shape index (κ3) is 6.75. The highest BCUT2D eigenvalue weighted by molar-refractivity contribution is 6.31. The maximum atomic E-state index is 13.4. The normalized spacial score (nSPS) is 11.0. The lowest BCUT2D eigenvalue weighted by molar-refractivity contribution is 0.0798. The minimum atomic E-state index is -0.292. The van der Waals surface area contributed by atoms with E-state index < -0.39 is 0 Å². The topological polar surface area (TPSA) is 79.2 Å². The van der Waals surface area contributed by atoms with E-state index in [1.165, 1.54) is 12.1 Å². The summed E-state index contributed by atoms with van der Waals surface area (Å²) in [6, 6.07) is 20.7. The van der Waals surface area contributed by atoms with Gasteiger partial charge in [0.1, 0.15) is 5.82 Å². The molecule has 0 saturated heterocycles. The molecule has 1 N–H and O–H groups in total. The number of nitrogens with one attached hydrogen (secondary N) is 1. The summed E-state index contributed by atoms with van der Waals surface area (Å²) in [5.41, 5.74) is 3.63. The van der Waals surface area contributed by atoms with E-state index >= 15 is 0 Å². The summed E-state index contributed by atoms with van der Waals surface area (Å²) in [6.45, 7) is 1.82. The molecule has 0 bridgehead atoms. The molecule has 5 rings (SSSR count). The highest BCUT2D eigenvalue weighted by Crippen LogP contribution is 2.25. The van der Waals surface area contributed by atoms with E-state index in [9.17, 15) is 9.18 Å². The van der Waals surface area contributed by atoms with Crippen molar-refractivity contribution in [2.75, 3.05) is 37.4 Å². The monoisotopic (exact) mass is 591 g/mol. The molecule has 11 heteroatoms. The smallest absolute Gasteiger partial charge is 0.253 e. The molecule has 210 valence electrons. The fourth-order valence-corrected chi connectivity index (χ4v) is 4.58. The molecule has 3 aromatic carbocycles. The van der Waals surface area contributed by atoms with Gasteiger partial charge in [0.25, 0.3) is 5.91 Å². The maximum Gasteiger partial charge on any atom is 0.253 e. The van der Waals surface area contributed by atoms with Crippen molar-refractivity contribution in [1.29, 1.82) is 0 Å². The first-order valence-corrected chi connectivity index (χ1v) is 13.7. The summed E-state index contributed by atoms with van der Waals surface area (Å²) in [5, 5.41) is 4.57. The van der Waals surface area contributed by atoms with Gasteiger partial charge in [0.15, 0.2) is 17.0 Å². The zero-order valence-corrected chi connectivity index (χ0v) is 24.1. The van der Waals surface area contributed by atoms with Gasteiger partial charge >= 0.3 is 0 Å². The third-order valence-electron chi connectivity index (χ3n) is 6.67. The fourth-order valence-electron chi connectivity index (χ4n) is 4.26. The number of anilines is 2. The lowest BCUT2D eigenvalue weighted by atomic mass is 10.2. The molecule has 0 atom stereocenters. The van der Waals surface area contributed by atoms with Crippen LogP contribution in [-0.2, 0) is 13.1 Å². The summed E-state index contributed by atoms with van der Waals surface area (Å²) < 4.78 is 15.3. The number of imidazole rings is 1. The first-order valence-electron chi connectivity index (χ1n) is 13.0. The van der Waals surface area contributed by atoms with Gasteiger partial charge in [0, 0.05) is 49.3 Å². The number of carbonyl (C=O) groups excluding carboxylic acids is 1. The van der Waals surface area contributed by atoms with Crippen LogP contribution < -0.4 is 10.2 Å². The van der Waals surface area contributed by atoms with Crippen molar-refractivity contribution in [2.45, 2.75) is 13.1 Å². The predicted octanol–water partition coefficient (Wildman–Crippen LogP) is 6.14. The number of fused-ring (bicyclic) bond motifs is 1. The lowest BCUT2D eigenvalue weighted by Crippen LogP contribution is -2.35. The second-order valence-corrected chi connectivity index (χ2v) is 10.5. The van der Waals surface area contributed by atoms with Gasteiger partial charge in [0.05, 0.1) is 12.9 Å². The molecule has 0 aliphatic rings. The van der Waals surface area contributed by atoms with Gasteiger partial charge in [-0.2, -0.15) is 9.97 Å². The van der Waals surface area contributed by atoms with Crippen LogP contribution in [-0.4, -0.2) is 57.5 Å². The second kappa shape index (κ2) is 12.5. The van der Waals surface area contributed by atoms with Gasteiger partial charge < -0.3 is 19.7 Å². The van der Waals surface area contributed by atoms with Crippen molar-refractivity contribution >= 4 is 52.0 Å². The Balaban J connectivity index is 1.40. The Labute approximate surface area is 247 Å². The van der Waals surface area contributed by atoms with E-state index in [4.69, 9.17) is 33.2 Å². The molecule has 0 unspecified atom stereocenters.